The third kappa shape index (κ3) is 1.89. The van der Waals surface area contributed by atoms with E-state index in [2.05, 4.69) is 0 Å². The Hall–Kier alpha value is -2.52. The first-order chi connectivity index (χ1) is 9.72. The average Bonchev–Trinajstić information content (AvgIpc) is 2.50. The lowest BCUT2D eigenvalue weighted by atomic mass is 9.83. The third-order valence-electron chi connectivity index (χ3n) is 3.40. The van der Waals surface area contributed by atoms with Gasteiger partial charge in [0.1, 0.15) is 0 Å². The zero-order valence-electron chi connectivity index (χ0n) is 10.8. The summed E-state index contributed by atoms with van der Waals surface area (Å²) in [6.45, 7) is 0.463. The fourth-order valence-electron chi connectivity index (χ4n) is 2.45. The maximum Gasteiger partial charge on any atom is 0.234 e. The van der Waals surface area contributed by atoms with Gasteiger partial charge in [-0.1, -0.05) is 42.5 Å². The largest absolute Gasteiger partial charge is 0.327 e. The van der Waals surface area contributed by atoms with Crippen molar-refractivity contribution in [3.63, 3.8) is 0 Å². The predicted molar refractivity (Wildman–Crippen MR) is 78.6 cm³/mol. The second kappa shape index (κ2) is 4.87. The van der Waals surface area contributed by atoms with Gasteiger partial charge in [-0.2, -0.15) is 0 Å². The molecule has 3 heteroatoms. The number of fused-ring (bicyclic) bond motifs is 3. The Morgan fingerprint density at radius 2 is 1.50 bits per heavy atom. The molecular formula is C17H13NO2. The normalized spacial score (nSPS) is 13.4. The van der Waals surface area contributed by atoms with Crippen LogP contribution in [0.15, 0.2) is 48.5 Å². The van der Waals surface area contributed by atoms with Gasteiger partial charge >= 0.3 is 0 Å². The fraction of sp³-hybridized carbons (Fsp3) is 0.0588. The van der Waals surface area contributed by atoms with Crippen molar-refractivity contribution in [1.29, 1.82) is 0 Å². The van der Waals surface area contributed by atoms with Crippen molar-refractivity contribution < 1.29 is 9.59 Å². The Bertz CT molecular complexity index is 744. The Morgan fingerprint density at radius 1 is 0.850 bits per heavy atom. The zero-order chi connectivity index (χ0) is 14.1. The summed E-state index contributed by atoms with van der Waals surface area (Å²) < 4.78 is 0. The molecule has 3 rings (SSSR count). The third-order valence-corrected chi connectivity index (χ3v) is 3.40. The first-order valence-electron chi connectivity index (χ1n) is 6.41. The van der Waals surface area contributed by atoms with Gasteiger partial charge in [0.2, 0.25) is 11.6 Å². The molecule has 0 radical (unpaired) electrons. The molecule has 1 aliphatic carbocycles. The number of carbonyl (C=O) groups excluding carboxylic acids is 2. The number of ketones is 2. The van der Waals surface area contributed by atoms with Crippen LogP contribution in [0.1, 0.15) is 26.3 Å². The lowest BCUT2D eigenvalue weighted by molar-refractivity contribution is 0.0815. The summed E-state index contributed by atoms with van der Waals surface area (Å²) in [5.41, 5.74) is 8.98. The van der Waals surface area contributed by atoms with Crippen LogP contribution in [0.3, 0.4) is 0 Å². The highest BCUT2D eigenvalue weighted by molar-refractivity contribution is 6.53. The second-order valence-corrected chi connectivity index (χ2v) is 4.65. The highest BCUT2D eigenvalue weighted by atomic mass is 16.2. The van der Waals surface area contributed by atoms with E-state index in [0.29, 0.717) is 17.7 Å². The monoisotopic (exact) mass is 263 g/mol. The molecule has 2 aromatic rings. The van der Waals surface area contributed by atoms with Crippen molar-refractivity contribution in [2.45, 2.75) is 0 Å². The Morgan fingerprint density at radius 3 is 2.20 bits per heavy atom. The van der Waals surface area contributed by atoms with Gasteiger partial charge in [-0.05, 0) is 28.8 Å². The van der Waals surface area contributed by atoms with Crippen LogP contribution in [-0.2, 0) is 0 Å². The Kier molecular flexibility index (Phi) is 3.05. The number of carbonyl (C=O) groups is 2. The summed E-state index contributed by atoms with van der Waals surface area (Å²) in [7, 11) is 0. The molecule has 2 aromatic carbocycles. The number of nitrogens with two attached hydrogens (primary N) is 1. The van der Waals surface area contributed by atoms with Crippen LogP contribution in [0.25, 0.3) is 17.2 Å². The van der Waals surface area contributed by atoms with E-state index in [4.69, 9.17) is 5.73 Å². The van der Waals surface area contributed by atoms with Gasteiger partial charge in [0.25, 0.3) is 0 Å². The number of rotatable bonds is 2. The maximum absolute atomic E-state index is 12.1. The molecule has 0 aliphatic heterocycles. The number of hydrogen-bond donors (Lipinski definition) is 1. The van der Waals surface area contributed by atoms with Crippen LogP contribution in [-0.4, -0.2) is 18.1 Å². The molecule has 0 amide bonds. The SMILES string of the molecule is NCC=Cc1ccc2c(c1)-c1ccccc1C(=O)C2=O. The first-order valence-corrected chi connectivity index (χ1v) is 6.41. The van der Waals surface area contributed by atoms with Crippen LogP contribution in [0.2, 0.25) is 0 Å². The van der Waals surface area contributed by atoms with Gasteiger partial charge in [0.05, 0.1) is 0 Å². The second-order valence-electron chi connectivity index (χ2n) is 4.65. The minimum atomic E-state index is -0.437. The quantitative estimate of drug-likeness (QED) is 0.847. The molecule has 2 N–H and O–H groups in total. The van der Waals surface area contributed by atoms with Crippen LogP contribution >= 0.6 is 0 Å². The van der Waals surface area contributed by atoms with Crippen LogP contribution in [0.5, 0.6) is 0 Å². The van der Waals surface area contributed by atoms with E-state index < -0.39 is 11.6 Å². The van der Waals surface area contributed by atoms with Crippen LogP contribution in [0, 0.1) is 0 Å². The molecule has 0 heterocycles. The van der Waals surface area contributed by atoms with E-state index in [0.717, 1.165) is 16.7 Å². The van der Waals surface area contributed by atoms with E-state index in [-0.39, 0.29) is 0 Å². The number of Topliss-reactive ketones (excluding diaryl/α,β-unsaturated/α-hetero) is 2. The average molecular weight is 263 g/mol. The van der Waals surface area contributed by atoms with Crippen LogP contribution < -0.4 is 5.73 Å². The van der Waals surface area contributed by atoms with Gasteiger partial charge in [0.15, 0.2) is 0 Å². The number of benzene rings is 2. The standard InChI is InChI=1S/C17H13NO2/c18-9-3-4-11-7-8-14-15(10-11)12-5-1-2-6-13(12)16(19)17(14)20/h1-8,10H,9,18H2. The lowest BCUT2D eigenvalue weighted by Crippen LogP contribution is -2.21. The van der Waals surface area contributed by atoms with Crippen molar-refractivity contribution in [3.8, 4) is 11.1 Å². The van der Waals surface area contributed by atoms with Gasteiger partial charge in [-0.25, -0.2) is 0 Å². The van der Waals surface area contributed by atoms with Gasteiger partial charge in [-0.15, -0.1) is 0 Å². The fourth-order valence-corrected chi connectivity index (χ4v) is 2.45. The molecule has 0 saturated heterocycles. The highest BCUT2D eigenvalue weighted by Gasteiger charge is 2.29. The summed E-state index contributed by atoms with van der Waals surface area (Å²) >= 11 is 0. The molecule has 3 nitrogen and oxygen atoms in total. The van der Waals surface area contributed by atoms with Gasteiger partial charge in [0, 0.05) is 17.7 Å². The molecule has 1 aliphatic rings. The molecule has 0 saturated carbocycles. The Balaban J connectivity index is 2.23. The van der Waals surface area contributed by atoms with Crippen molar-refractivity contribution in [2.24, 2.45) is 5.73 Å². The highest BCUT2D eigenvalue weighted by Crippen LogP contribution is 2.34. The summed E-state index contributed by atoms with van der Waals surface area (Å²) in [5, 5.41) is 0. The van der Waals surface area contributed by atoms with Crippen molar-refractivity contribution in [1.82, 2.24) is 0 Å². The summed E-state index contributed by atoms with van der Waals surface area (Å²) in [4.78, 5) is 24.2. The molecule has 98 valence electrons. The van der Waals surface area contributed by atoms with E-state index in [1.807, 2.05) is 36.4 Å². The first kappa shape index (κ1) is 12.5. The maximum atomic E-state index is 12.1. The topological polar surface area (TPSA) is 60.2 Å². The van der Waals surface area contributed by atoms with Gasteiger partial charge in [-0.3, -0.25) is 9.59 Å². The lowest BCUT2D eigenvalue weighted by Gasteiger charge is -2.18. The minimum Gasteiger partial charge on any atom is -0.327 e. The molecule has 0 bridgehead atoms. The van der Waals surface area contributed by atoms with Crippen molar-refractivity contribution >= 4 is 17.6 Å². The molecule has 0 fully saturated rings. The molecule has 0 spiro atoms. The smallest absolute Gasteiger partial charge is 0.234 e. The summed E-state index contributed by atoms with van der Waals surface area (Å²) in [6.07, 6.45) is 3.76. The molecule has 0 unspecified atom stereocenters. The zero-order valence-corrected chi connectivity index (χ0v) is 10.8. The van der Waals surface area contributed by atoms with Crippen molar-refractivity contribution in [2.75, 3.05) is 6.54 Å². The van der Waals surface area contributed by atoms with Crippen LogP contribution in [0.4, 0.5) is 0 Å². The molecule has 0 atom stereocenters. The van der Waals surface area contributed by atoms with E-state index in [1.165, 1.54) is 0 Å². The predicted octanol–water partition coefficient (Wildman–Crippen LogP) is 2.70. The summed E-state index contributed by atoms with van der Waals surface area (Å²) in [5.74, 6) is -0.869. The van der Waals surface area contributed by atoms with E-state index in [1.54, 1.807) is 18.2 Å². The molecular weight excluding hydrogens is 250 g/mol. The Labute approximate surface area is 116 Å². The van der Waals surface area contributed by atoms with E-state index in [9.17, 15) is 9.59 Å². The number of hydrogen-bond acceptors (Lipinski definition) is 3. The van der Waals surface area contributed by atoms with Gasteiger partial charge < -0.3 is 5.73 Å². The van der Waals surface area contributed by atoms with E-state index >= 15 is 0 Å². The summed E-state index contributed by atoms with van der Waals surface area (Å²) in [6, 6.07) is 12.7. The molecule has 0 aromatic heterocycles. The molecule has 20 heavy (non-hydrogen) atoms. The minimum absolute atomic E-state index is 0.432. The van der Waals surface area contributed by atoms with Crippen molar-refractivity contribution in [3.05, 3.63) is 65.2 Å².